The molecule has 0 radical (unpaired) electrons. The normalized spacial score (nSPS) is 13.8. The third-order valence-electron chi connectivity index (χ3n) is 3.97. The molecule has 24 heavy (non-hydrogen) atoms. The standard InChI is InChI=1S/C17H19N3O3S/c1-4-20(15-6-5-9-18-13(15)2)24(21,22)14-7-8-16-17(12-14)23-11-10-19(16)3/h4-9,12H,1,10-11H2,2-3H3. The van der Waals surface area contributed by atoms with Gasteiger partial charge in [-0.05, 0) is 31.2 Å². The van der Waals surface area contributed by atoms with Crippen LogP contribution < -0.4 is 13.9 Å². The van der Waals surface area contributed by atoms with Gasteiger partial charge in [0.2, 0.25) is 0 Å². The summed E-state index contributed by atoms with van der Waals surface area (Å²) in [6.45, 7) is 6.70. The lowest BCUT2D eigenvalue weighted by molar-refractivity contribution is 0.310. The smallest absolute Gasteiger partial charge is 0.268 e. The lowest BCUT2D eigenvalue weighted by Crippen LogP contribution is -2.30. The Bertz CT molecular complexity index is 880. The minimum atomic E-state index is -3.80. The monoisotopic (exact) mass is 345 g/mol. The van der Waals surface area contributed by atoms with E-state index in [1.807, 2.05) is 11.9 Å². The van der Waals surface area contributed by atoms with Crippen LogP contribution in [0.4, 0.5) is 11.4 Å². The van der Waals surface area contributed by atoms with Crippen LogP contribution in [0.3, 0.4) is 0 Å². The zero-order valence-electron chi connectivity index (χ0n) is 13.6. The molecule has 7 heteroatoms. The molecular weight excluding hydrogens is 326 g/mol. The Kier molecular flexibility index (Phi) is 4.19. The van der Waals surface area contributed by atoms with Gasteiger partial charge < -0.3 is 9.64 Å². The van der Waals surface area contributed by atoms with E-state index in [1.54, 1.807) is 43.5 Å². The molecule has 2 aromatic rings. The van der Waals surface area contributed by atoms with E-state index in [9.17, 15) is 8.42 Å². The van der Waals surface area contributed by atoms with Gasteiger partial charge in [-0.15, -0.1) is 0 Å². The van der Waals surface area contributed by atoms with Crippen LogP contribution in [0.2, 0.25) is 0 Å². The summed E-state index contributed by atoms with van der Waals surface area (Å²) >= 11 is 0. The molecule has 2 heterocycles. The second-order valence-electron chi connectivity index (χ2n) is 5.49. The van der Waals surface area contributed by atoms with Crippen molar-refractivity contribution in [3.8, 4) is 5.75 Å². The van der Waals surface area contributed by atoms with Gasteiger partial charge in [0.15, 0.2) is 0 Å². The summed E-state index contributed by atoms with van der Waals surface area (Å²) in [5.74, 6) is 0.566. The second kappa shape index (κ2) is 6.16. The number of hydrogen-bond acceptors (Lipinski definition) is 5. The number of ether oxygens (including phenoxy) is 1. The van der Waals surface area contributed by atoms with Crippen LogP contribution in [0, 0.1) is 6.92 Å². The number of hydrogen-bond donors (Lipinski definition) is 0. The number of benzene rings is 1. The Balaban J connectivity index is 2.07. The molecule has 0 unspecified atom stereocenters. The van der Waals surface area contributed by atoms with Crippen molar-refractivity contribution in [3.63, 3.8) is 0 Å². The van der Waals surface area contributed by atoms with Gasteiger partial charge >= 0.3 is 0 Å². The summed E-state index contributed by atoms with van der Waals surface area (Å²) in [7, 11) is -1.85. The first-order valence-corrected chi connectivity index (χ1v) is 8.96. The Morgan fingerprint density at radius 2 is 2.17 bits per heavy atom. The van der Waals surface area contributed by atoms with Gasteiger partial charge in [-0.1, -0.05) is 6.58 Å². The van der Waals surface area contributed by atoms with E-state index in [0.717, 1.165) is 16.5 Å². The minimum absolute atomic E-state index is 0.153. The van der Waals surface area contributed by atoms with Crippen LogP contribution in [-0.4, -0.2) is 33.6 Å². The number of sulfonamides is 1. The van der Waals surface area contributed by atoms with Crippen molar-refractivity contribution >= 4 is 21.4 Å². The van der Waals surface area contributed by atoms with Gasteiger partial charge in [-0.3, -0.25) is 4.98 Å². The maximum absolute atomic E-state index is 13.0. The minimum Gasteiger partial charge on any atom is -0.490 e. The number of aryl methyl sites for hydroxylation is 1. The van der Waals surface area contributed by atoms with E-state index in [4.69, 9.17) is 4.74 Å². The fraction of sp³-hybridized carbons (Fsp3) is 0.235. The summed E-state index contributed by atoms with van der Waals surface area (Å²) < 4.78 is 32.8. The molecule has 0 N–H and O–H groups in total. The van der Waals surface area contributed by atoms with Crippen LogP contribution >= 0.6 is 0 Å². The van der Waals surface area contributed by atoms with Crippen molar-refractivity contribution < 1.29 is 13.2 Å². The summed E-state index contributed by atoms with van der Waals surface area (Å²) in [6.07, 6.45) is 2.90. The van der Waals surface area contributed by atoms with Crippen molar-refractivity contribution in [1.82, 2.24) is 4.98 Å². The molecule has 1 aromatic heterocycles. The van der Waals surface area contributed by atoms with Crippen molar-refractivity contribution in [1.29, 1.82) is 0 Å². The van der Waals surface area contributed by atoms with Crippen molar-refractivity contribution in [2.75, 3.05) is 29.4 Å². The van der Waals surface area contributed by atoms with Gasteiger partial charge in [0.25, 0.3) is 10.0 Å². The molecule has 0 atom stereocenters. The summed E-state index contributed by atoms with van der Waals surface area (Å²) in [6, 6.07) is 8.30. The van der Waals surface area contributed by atoms with Crippen LogP contribution in [0.15, 0.2) is 54.2 Å². The molecule has 0 aliphatic carbocycles. The van der Waals surface area contributed by atoms with Crippen LogP contribution in [0.1, 0.15) is 5.69 Å². The quantitative estimate of drug-likeness (QED) is 0.852. The van der Waals surface area contributed by atoms with Gasteiger partial charge in [0, 0.05) is 25.5 Å². The Labute approximate surface area is 142 Å². The highest BCUT2D eigenvalue weighted by atomic mass is 32.2. The SMILES string of the molecule is C=CN(c1cccnc1C)S(=O)(=O)c1ccc2c(c1)OCCN2C. The molecule has 0 fully saturated rings. The number of nitrogens with zero attached hydrogens (tertiary/aromatic N) is 3. The van der Waals surface area contributed by atoms with Crippen LogP contribution in [0.25, 0.3) is 0 Å². The average Bonchev–Trinajstić information content (AvgIpc) is 2.57. The molecule has 126 valence electrons. The van der Waals surface area contributed by atoms with Crippen molar-refractivity contribution in [3.05, 3.63) is 55.0 Å². The highest BCUT2D eigenvalue weighted by molar-refractivity contribution is 7.93. The maximum Gasteiger partial charge on any atom is 0.268 e. The third kappa shape index (κ3) is 2.71. The van der Waals surface area contributed by atoms with Crippen LogP contribution in [-0.2, 0) is 10.0 Å². The first-order valence-electron chi connectivity index (χ1n) is 7.52. The molecule has 1 aromatic carbocycles. The molecule has 3 rings (SSSR count). The number of pyridine rings is 1. The average molecular weight is 345 g/mol. The molecular formula is C17H19N3O3S. The van der Waals surface area contributed by atoms with E-state index in [-0.39, 0.29) is 4.90 Å². The molecule has 0 amide bonds. The first-order chi connectivity index (χ1) is 11.4. The first kappa shape index (κ1) is 16.3. The fourth-order valence-electron chi connectivity index (χ4n) is 2.65. The number of fused-ring (bicyclic) bond motifs is 1. The number of aromatic nitrogens is 1. The summed E-state index contributed by atoms with van der Waals surface area (Å²) in [5.41, 5.74) is 1.96. The number of anilines is 2. The van der Waals surface area contributed by atoms with Crippen molar-refractivity contribution in [2.45, 2.75) is 11.8 Å². The molecule has 1 aliphatic heterocycles. The van der Waals surface area contributed by atoms with Gasteiger partial charge in [0.05, 0.1) is 28.5 Å². The zero-order valence-corrected chi connectivity index (χ0v) is 14.5. The highest BCUT2D eigenvalue weighted by Gasteiger charge is 2.26. The molecule has 0 saturated heterocycles. The topological polar surface area (TPSA) is 62.7 Å². The van der Waals surface area contributed by atoms with E-state index in [1.165, 1.54) is 6.20 Å². The molecule has 6 nitrogen and oxygen atoms in total. The fourth-order valence-corrected chi connectivity index (χ4v) is 4.02. The number of rotatable bonds is 4. The maximum atomic E-state index is 13.0. The number of likely N-dealkylation sites (N-methyl/N-ethyl adjacent to an activating group) is 1. The van der Waals surface area contributed by atoms with E-state index in [2.05, 4.69) is 11.6 Å². The third-order valence-corrected chi connectivity index (χ3v) is 5.68. The Morgan fingerprint density at radius 3 is 2.88 bits per heavy atom. The second-order valence-corrected chi connectivity index (χ2v) is 7.31. The highest BCUT2D eigenvalue weighted by Crippen LogP contribution is 2.35. The Hall–Kier alpha value is -2.54. The van der Waals surface area contributed by atoms with Crippen molar-refractivity contribution in [2.24, 2.45) is 0 Å². The lowest BCUT2D eigenvalue weighted by atomic mass is 10.2. The van der Waals surface area contributed by atoms with Crippen LogP contribution in [0.5, 0.6) is 5.75 Å². The molecule has 0 spiro atoms. The molecule has 1 aliphatic rings. The predicted molar refractivity (Wildman–Crippen MR) is 94.0 cm³/mol. The predicted octanol–water partition coefficient (Wildman–Crippen LogP) is 2.56. The van der Waals surface area contributed by atoms with E-state index < -0.39 is 10.0 Å². The molecule has 0 saturated carbocycles. The largest absolute Gasteiger partial charge is 0.490 e. The lowest BCUT2D eigenvalue weighted by Gasteiger charge is -2.28. The van der Waals surface area contributed by atoms with Gasteiger partial charge in [-0.25, -0.2) is 12.7 Å². The van der Waals surface area contributed by atoms with Gasteiger partial charge in [0.1, 0.15) is 12.4 Å². The molecule has 0 bridgehead atoms. The zero-order chi connectivity index (χ0) is 17.3. The summed E-state index contributed by atoms with van der Waals surface area (Å²) in [4.78, 5) is 6.34. The Morgan fingerprint density at radius 1 is 1.38 bits per heavy atom. The van der Waals surface area contributed by atoms with Gasteiger partial charge in [-0.2, -0.15) is 0 Å². The van der Waals surface area contributed by atoms with E-state index in [0.29, 0.717) is 23.7 Å². The van der Waals surface area contributed by atoms with E-state index >= 15 is 0 Å². The summed E-state index contributed by atoms with van der Waals surface area (Å²) in [5, 5.41) is 0.